The van der Waals surface area contributed by atoms with Crippen molar-refractivity contribution >= 4 is 28.3 Å². The summed E-state index contributed by atoms with van der Waals surface area (Å²) in [7, 11) is 0. The SMILES string of the molecule is NCc1cc(I)c([N+](=O)[O-])cc1F. The molecule has 1 rings (SSSR count). The molecule has 70 valence electrons. The van der Waals surface area contributed by atoms with Gasteiger partial charge in [-0.15, -0.1) is 0 Å². The molecular weight excluding hydrogens is 290 g/mol. The first-order valence-electron chi connectivity index (χ1n) is 3.38. The zero-order chi connectivity index (χ0) is 10.0. The molecule has 0 spiro atoms. The van der Waals surface area contributed by atoms with Gasteiger partial charge in [-0.3, -0.25) is 10.1 Å². The topological polar surface area (TPSA) is 69.2 Å². The molecule has 6 heteroatoms. The van der Waals surface area contributed by atoms with Crippen molar-refractivity contribution in [2.45, 2.75) is 6.54 Å². The molecule has 0 bridgehead atoms. The minimum Gasteiger partial charge on any atom is -0.326 e. The molecule has 0 amide bonds. The Hall–Kier alpha value is -0.760. The van der Waals surface area contributed by atoms with Gasteiger partial charge in [-0.25, -0.2) is 4.39 Å². The Morgan fingerprint density at radius 2 is 2.23 bits per heavy atom. The van der Waals surface area contributed by atoms with Crippen molar-refractivity contribution in [3.05, 3.63) is 37.2 Å². The predicted octanol–water partition coefficient (Wildman–Crippen LogP) is 1.80. The normalized spacial score (nSPS) is 10.1. The minimum atomic E-state index is -0.630. The Balaban J connectivity index is 3.28. The highest BCUT2D eigenvalue weighted by Crippen LogP contribution is 2.23. The molecule has 0 heterocycles. The fourth-order valence-electron chi connectivity index (χ4n) is 0.874. The minimum absolute atomic E-state index is 0.0415. The highest BCUT2D eigenvalue weighted by atomic mass is 127. The molecule has 0 aliphatic rings. The molecule has 2 N–H and O–H groups in total. The molecule has 0 aliphatic heterocycles. The van der Waals surface area contributed by atoms with E-state index in [1.54, 1.807) is 22.6 Å². The van der Waals surface area contributed by atoms with Gasteiger partial charge in [0, 0.05) is 12.1 Å². The first kappa shape index (κ1) is 10.3. The van der Waals surface area contributed by atoms with Crippen LogP contribution in [0.4, 0.5) is 10.1 Å². The van der Waals surface area contributed by atoms with Crippen molar-refractivity contribution in [1.29, 1.82) is 0 Å². The number of benzene rings is 1. The Bertz CT molecular complexity index is 357. The van der Waals surface area contributed by atoms with Crippen LogP contribution in [0.3, 0.4) is 0 Å². The lowest BCUT2D eigenvalue weighted by molar-refractivity contribution is -0.386. The highest BCUT2D eigenvalue weighted by Gasteiger charge is 2.15. The highest BCUT2D eigenvalue weighted by molar-refractivity contribution is 14.1. The van der Waals surface area contributed by atoms with E-state index in [0.717, 1.165) is 6.07 Å². The third-order valence-electron chi connectivity index (χ3n) is 1.53. The monoisotopic (exact) mass is 296 g/mol. The maximum Gasteiger partial charge on any atom is 0.285 e. The summed E-state index contributed by atoms with van der Waals surface area (Å²) in [5.74, 6) is -0.630. The van der Waals surface area contributed by atoms with Crippen molar-refractivity contribution in [3.8, 4) is 0 Å². The molecule has 0 aromatic heterocycles. The second-order valence-electron chi connectivity index (χ2n) is 2.36. The molecule has 0 saturated heterocycles. The average Bonchev–Trinajstić information content (AvgIpc) is 2.07. The molecule has 0 radical (unpaired) electrons. The summed E-state index contributed by atoms with van der Waals surface area (Å²) in [6.07, 6.45) is 0. The molecule has 0 atom stereocenters. The van der Waals surface area contributed by atoms with Crippen LogP contribution in [-0.4, -0.2) is 4.92 Å². The van der Waals surface area contributed by atoms with Crippen LogP contribution in [-0.2, 0) is 6.54 Å². The van der Waals surface area contributed by atoms with E-state index in [0.29, 0.717) is 3.57 Å². The van der Waals surface area contributed by atoms with Crippen molar-refractivity contribution in [2.24, 2.45) is 5.73 Å². The average molecular weight is 296 g/mol. The molecule has 13 heavy (non-hydrogen) atoms. The van der Waals surface area contributed by atoms with E-state index in [-0.39, 0.29) is 17.8 Å². The fourth-order valence-corrected chi connectivity index (χ4v) is 1.60. The van der Waals surface area contributed by atoms with Gasteiger partial charge >= 0.3 is 0 Å². The number of nitro benzene ring substituents is 1. The summed E-state index contributed by atoms with van der Waals surface area (Å²) in [4.78, 5) is 9.76. The second kappa shape index (κ2) is 3.97. The van der Waals surface area contributed by atoms with Gasteiger partial charge in [0.1, 0.15) is 5.82 Å². The van der Waals surface area contributed by atoms with E-state index in [1.165, 1.54) is 6.07 Å². The molecule has 0 unspecified atom stereocenters. The third-order valence-corrected chi connectivity index (χ3v) is 2.40. The summed E-state index contributed by atoms with van der Waals surface area (Å²) >= 11 is 1.78. The van der Waals surface area contributed by atoms with E-state index in [4.69, 9.17) is 5.73 Å². The standard InChI is InChI=1S/C7H6FIN2O2/c8-5-2-7(11(12)13)6(9)1-4(5)3-10/h1-2H,3,10H2. The lowest BCUT2D eigenvalue weighted by atomic mass is 10.2. The van der Waals surface area contributed by atoms with Crippen LogP contribution in [0.25, 0.3) is 0 Å². The van der Waals surface area contributed by atoms with Gasteiger partial charge < -0.3 is 5.73 Å². The smallest absolute Gasteiger partial charge is 0.285 e. The number of nitrogens with zero attached hydrogens (tertiary/aromatic N) is 1. The first-order chi connectivity index (χ1) is 6.06. The number of nitrogens with two attached hydrogens (primary N) is 1. The maximum atomic E-state index is 13.0. The van der Waals surface area contributed by atoms with E-state index >= 15 is 0 Å². The Labute approximate surface area is 87.2 Å². The summed E-state index contributed by atoms with van der Waals surface area (Å²) in [5.41, 5.74) is 5.29. The van der Waals surface area contributed by atoms with Crippen LogP contribution in [0.1, 0.15) is 5.56 Å². The molecule has 1 aromatic rings. The first-order valence-corrected chi connectivity index (χ1v) is 4.46. The summed E-state index contributed by atoms with van der Waals surface area (Å²) in [6, 6.07) is 2.28. The van der Waals surface area contributed by atoms with E-state index in [1.807, 2.05) is 0 Å². The van der Waals surface area contributed by atoms with Crippen LogP contribution in [0.5, 0.6) is 0 Å². The number of rotatable bonds is 2. The molecule has 0 aliphatic carbocycles. The molecule has 0 fully saturated rings. The number of nitro groups is 1. The zero-order valence-corrected chi connectivity index (χ0v) is 8.62. The summed E-state index contributed by atoms with van der Waals surface area (Å²) in [6.45, 7) is 0.0415. The van der Waals surface area contributed by atoms with Gasteiger partial charge in [-0.1, -0.05) is 0 Å². The lowest BCUT2D eigenvalue weighted by Gasteiger charge is -2.00. The Morgan fingerprint density at radius 1 is 1.62 bits per heavy atom. The van der Waals surface area contributed by atoms with Crippen molar-refractivity contribution in [2.75, 3.05) is 0 Å². The number of hydrogen-bond acceptors (Lipinski definition) is 3. The van der Waals surface area contributed by atoms with Gasteiger partial charge in [0.2, 0.25) is 0 Å². The Morgan fingerprint density at radius 3 is 2.69 bits per heavy atom. The van der Waals surface area contributed by atoms with E-state index < -0.39 is 10.7 Å². The molecular formula is C7H6FIN2O2. The van der Waals surface area contributed by atoms with Crippen molar-refractivity contribution in [3.63, 3.8) is 0 Å². The number of hydrogen-bond donors (Lipinski definition) is 1. The largest absolute Gasteiger partial charge is 0.326 e. The van der Waals surface area contributed by atoms with Crippen LogP contribution >= 0.6 is 22.6 Å². The van der Waals surface area contributed by atoms with Gasteiger partial charge in [0.15, 0.2) is 0 Å². The van der Waals surface area contributed by atoms with Gasteiger partial charge in [-0.05, 0) is 28.7 Å². The molecule has 0 saturated carbocycles. The fraction of sp³-hybridized carbons (Fsp3) is 0.143. The van der Waals surface area contributed by atoms with Gasteiger partial charge in [0.25, 0.3) is 5.69 Å². The molecule has 4 nitrogen and oxygen atoms in total. The van der Waals surface area contributed by atoms with Crippen LogP contribution < -0.4 is 5.73 Å². The van der Waals surface area contributed by atoms with Crippen LogP contribution in [0.2, 0.25) is 0 Å². The zero-order valence-electron chi connectivity index (χ0n) is 6.46. The summed E-state index contributed by atoms with van der Waals surface area (Å²) in [5, 5.41) is 10.4. The van der Waals surface area contributed by atoms with Crippen molar-refractivity contribution < 1.29 is 9.31 Å². The lowest BCUT2D eigenvalue weighted by Crippen LogP contribution is -2.02. The Kier molecular flexibility index (Phi) is 3.15. The third kappa shape index (κ3) is 2.13. The van der Waals surface area contributed by atoms with E-state index in [2.05, 4.69) is 0 Å². The van der Waals surface area contributed by atoms with Crippen molar-refractivity contribution in [1.82, 2.24) is 0 Å². The van der Waals surface area contributed by atoms with Gasteiger partial charge in [-0.2, -0.15) is 0 Å². The van der Waals surface area contributed by atoms with E-state index in [9.17, 15) is 14.5 Å². The van der Waals surface area contributed by atoms with Gasteiger partial charge in [0.05, 0.1) is 14.6 Å². The van der Waals surface area contributed by atoms with Crippen LogP contribution in [0, 0.1) is 19.5 Å². The quantitative estimate of drug-likeness (QED) is 0.514. The van der Waals surface area contributed by atoms with Crippen LogP contribution in [0.15, 0.2) is 12.1 Å². The second-order valence-corrected chi connectivity index (χ2v) is 3.52. The number of halogens is 2. The predicted molar refractivity (Wildman–Crippen MR) is 53.7 cm³/mol. The molecule has 1 aromatic carbocycles. The maximum absolute atomic E-state index is 13.0. The summed E-state index contributed by atoms with van der Waals surface area (Å²) < 4.78 is 13.4.